The van der Waals surface area contributed by atoms with Crippen LogP contribution in [0.5, 0.6) is 0 Å². The van der Waals surface area contributed by atoms with Gasteiger partial charge in [0.1, 0.15) is 5.82 Å². The van der Waals surface area contributed by atoms with E-state index in [4.69, 9.17) is 0 Å². The monoisotopic (exact) mass is 321 g/mol. The molecule has 0 aliphatic heterocycles. The summed E-state index contributed by atoms with van der Waals surface area (Å²) in [6, 6.07) is 15.3. The molecular formula is C16H17BrFN. The normalized spacial score (nSPS) is 14.1. The Balaban J connectivity index is 2.13. The third-order valence-corrected chi connectivity index (χ3v) is 3.72. The van der Waals surface area contributed by atoms with Crippen LogP contribution in [0.2, 0.25) is 0 Å². The van der Waals surface area contributed by atoms with E-state index in [0.717, 1.165) is 4.47 Å². The molecule has 2 aromatic carbocycles. The highest BCUT2D eigenvalue weighted by atomic mass is 79.9. The summed E-state index contributed by atoms with van der Waals surface area (Å²) in [5.41, 5.74) is 1.88. The number of hydrogen-bond acceptors (Lipinski definition) is 1. The van der Waals surface area contributed by atoms with Gasteiger partial charge in [0.2, 0.25) is 0 Å². The summed E-state index contributed by atoms with van der Waals surface area (Å²) in [5.74, 6) is -0.177. The van der Waals surface area contributed by atoms with E-state index in [-0.39, 0.29) is 17.9 Å². The zero-order chi connectivity index (χ0) is 13.8. The van der Waals surface area contributed by atoms with Gasteiger partial charge in [-0.2, -0.15) is 0 Å². The summed E-state index contributed by atoms with van der Waals surface area (Å²) in [4.78, 5) is 0. The Morgan fingerprint density at radius 3 is 2.37 bits per heavy atom. The molecule has 0 heterocycles. The Morgan fingerprint density at radius 1 is 1.00 bits per heavy atom. The molecule has 2 rings (SSSR count). The fraction of sp³-hybridized carbons (Fsp3) is 0.250. The van der Waals surface area contributed by atoms with Crippen LogP contribution in [0.15, 0.2) is 53.0 Å². The Kier molecular flexibility index (Phi) is 4.72. The molecule has 0 saturated carbocycles. The van der Waals surface area contributed by atoms with E-state index in [2.05, 4.69) is 40.3 Å². The molecule has 0 fully saturated rings. The average Bonchev–Trinajstić information content (AvgIpc) is 2.42. The molecule has 0 aliphatic rings. The van der Waals surface area contributed by atoms with Crippen molar-refractivity contribution in [1.29, 1.82) is 0 Å². The molecule has 3 heteroatoms. The van der Waals surface area contributed by atoms with E-state index >= 15 is 0 Å². The van der Waals surface area contributed by atoms with Crippen LogP contribution >= 0.6 is 15.9 Å². The van der Waals surface area contributed by atoms with E-state index in [0.29, 0.717) is 5.56 Å². The van der Waals surface area contributed by atoms with Crippen LogP contribution in [0.4, 0.5) is 4.39 Å². The van der Waals surface area contributed by atoms with Crippen molar-refractivity contribution in [2.24, 2.45) is 0 Å². The summed E-state index contributed by atoms with van der Waals surface area (Å²) in [6.45, 7) is 4.06. The van der Waals surface area contributed by atoms with Crippen molar-refractivity contribution in [2.45, 2.75) is 25.9 Å². The second kappa shape index (κ2) is 6.31. The Labute approximate surface area is 122 Å². The van der Waals surface area contributed by atoms with Crippen molar-refractivity contribution in [3.63, 3.8) is 0 Å². The van der Waals surface area contributed by atoms with Crippen LogP contribution in [-0.2, 0) is 0 Å². The quantitative estimate of drug-likeness (QED) is 0.835. The van der Waals surface area contributed by atoms with Gasteiger partial charge in [0, 0.05) is 22.1 Å². The summed E-state index contributed by atoms with van der Waals surface area (Å²) >= 11 is 3.38. The summed E-state index contributed by atoms with van der Waals surface area (Å²) in [6.07, 6.45) is 0. The maximum absolute atomic E-state index is 13.8. The highest BCUT2D eigenvalue weighted by Gasteiger charge is 2.14. The minimum atomic E-state index is -0.177. The molecule has 1 unspecified atom stereocenters. The van der Waals surface area contributed by atoms with Crippen LogP contribution < -0.4 is 5.32 Å². The van der Waals surface area contributed by atoms with E-state index in [1.165, 1.54) is 11.6 Å². The van der Waals surface area contributed by atoms with Crippen LogP contribution in [0.3, 0.4) is 0 Å². The molecular weight excluding hydrogens is 305 g/mol. The Morgan fingerprint density at radius 2 is 1.68 bits per heavy atom. The molecule has 2 atom stereocenters. The lowest BCUT2D eigenvalue weighted by Gasteiger charge is -2.21. The molecule has 0 spiro atoms. The molecule has 0 radical (unpaired) electrons. The highest BCUT2D eigenvalue weighted by Crippen LogP contribution is 2.24. The predicted molar refractivity (Wildman–Crippen MR) is 80.5 cm³/mol. The maximum atomic E-state index is 13.8. The van der Waals surface area contributed by atoms with Crippen molar-refractivity contribution in [1.82, 2.24) is 5.32 Å². The van der Waals surface area contributed by atoms with Gasteiger partial charge >= 0.3 is 0 Å². The van der Waals surface area contributed by atoms with Crippen LogP contribution in [-0.4, -0.2) is 0 Å². The number of rotatable bonds is 4. The molecule has 0 aliphatic carbocycles. The fourth-order valence-corrected chi connectivity index (χ4v) is 2.53. The maximum Gasteiger partial charge on any atom is 0.128 e. The first-order valence-corrected chi connectivity index (χ1v) is 7.13. The van der Waals surface area contributed by atoms with Gasteiger partial charge in [-0.15, -0.1) is 0 Å². The van der Waals surface area contributed by atoms with Crippen molar-refractivity contribution < 1.29 is 4.39 Å². The largest absolute Gasteiger partial charge is 0.304 e. The van der Waals surface area contributed by atoms with Gasteiger partial charge in [0.15, 0.2) is 0 Å². The molecule has 0 saturated heterocycles. The first kappa shape index (κ1) is 14.2. The lowest BCUT2D eigenvalue weighted by atomic mass is 10.0. The first-order valence-electron chi connectivity index (χ1n) is 6.34. The number of halogens is 2. The Bertz CT molecular complexity index is 542. The zero-order valence-electron chi connectivity index (χ0n) is 11.0. The second-order valence-electron chi connectivity index (χ2n) is 4.69. The van der Waals surface area contributed by atoms with Gasteiger partial charge in [-0.3, -0.25) is 0 Å². The van der Waals surface area contributed by atoms with Crippen LogP contribution in [0.1, 0.15) is 37.1 Å². The van der Waals surface area contributed by atoms with Gasteiger partial charge in [0.05, 0.1) is 0 Å². The smallest absolute Gasteiger partial charge is 0.128 e. The molecule has 0 bridgehead atoms. The number of benzene rings is 2. The molecule has 1 N–H and O–H groups in total. The van der Waals surface area contributed by atoms with Gasteiger partial charge in [-0.05, 0) is 37.6 Å². The number of nitrogens with one attached hydrogen (secondary N) is 1. The van der Waals surface area contributed by atoms with Crippen molar-refractivity contribution >= 4 is 15.9 Å². The van der Waals surface area contributed by atoms with Gasteiger partial charge in [-0.1, -0.05) is 46.3 Å². The summed E-state index contributed by atoms with van der Waals surface area (Å²) in [7, 11) is 0. The molecule has 2 aromatic rings. The van der Waals surface area contributed by atoms with Crippen molar-refractivity contribution in [3.8, 4) is 0 Å². The molecule has 0 aromatic heterocycles. The molecule has 1 nitrogen and oxygen atoms in total. The fourth-order valence-electron chi connectivity index (χ4n) is 2.15. The van der Waals surface area contributed by atoms with Gasteiger partial charge in [0.25, 0.3) is 0 Å². The lowest BCUT2D eigenvalue weighted by molar-refractivity contribution is 0.474. The van der Waals surface area contributed by atoms with Crippen LogP contribution in [0.25, 0.3) is 0 Å². The van der Waals surface area contributed by atoms with Gasteiger partial charge in [-0.25, -0.2) is 4.39 Å². The SMILES string of the molecule is CC(N[C@H](C)c1ccccc1)c1cc(Br)ccc1F. The third-order valence-electron chi connectivity index (χ3n) is 3.22. The standard InChI is InChI=1S/C16H17BrFN/c1-11(13-6-4-3-5-7-13)19-12(2)15-10-14(17)8-9-16(15)18/h3-12,19H,1-2H3/t11-,12?/m1/s1. The third kappa shape index (κ3) is 3.64. The topological polar surface area (TPSA) is 12.0 Å². The van der Waals surface area contributed by atoms with Crippen LogP contribution in [0, 0.1) is 5.82 Å². The molecule has 100 valence electrons. The second-order valence-corrected chi connectivity index (χ2v) is 5.60. The van der Waals surface area contributed by atoms with E-state index in [1.54, 1.807) is 6.07 Å². The lowest BCUT2D eigenvalue weighted by Crippen LogP contribution is -2.23. The summed E-state index contributed by atoms with van der Waals surface area (Å²) in [5, 5.41) is 3.42. The van der Waals surface area contributed by atoms with E-state index in [9.17, 15) is 4.39 Å². The minimum absolute atomic E-state index is 0.0484. The zero-order valence-corrected chi connectivity index (χ0v) is 12.6. The number of hydrogen-bond donors (Lipinski definition) is 1. The van der Waals surface area contributed by atoms with Gasteiger partial charge < -0.3 is 5.32 Å². The average molecular weight is 322 g/mol. The molecule has 19 heavy (non-hydrogen) atoms. The summed E-state index contributed by atoms with van der Waals surface area (Å²) < 4.78 is 14.7. The minimum Gasteiger partial charge on any atom is -0.304 e. The highest BCUT2D eigenvalue weighted by molar-refractivity contribution is 9.10. The first-order chi connectivity index (χ1) is 9.08. The molecule has 0 amide bonds. The van der Waals surface area contributed by atoms with E-state index < -0.39 is 0 Å². The Hall–Kier alpha value is -1.19. The van der Waals surface area contributed by atoms with E-state index in [1.807, 2.05) is 31.2 Å². The predicted octanol–water partition coefficient (Wildman–Crippen LogP) is 5.00. The van der Waals surface area contributed by atoms with Crippen molar-refractivity contribution in [3.05, 3.63) is 69.9 Å². The van der Waals surface area contributed by atoms with Crippen molar-refractivity contribution in [2.75, 3.05) is 0 Å².